The molecule has 1 aliphatic heterocycles. The molecule has 0 amide bonds. The van der Waals surface area contributed by atoms with Crippen molar-refractivity contribution in [2.75, 3.05) is 29.5 Å². The fourth-order valence-corrected chi connectivity index (χ4v) is 3.81. The van der Waals surface area contributed by atoms with Crippen LogP contribution in [0.15, 0.2) is 0 Å². The highest BCUT2D eigenvalue weighted by molar-refractivity contribution is 8.00. The summed E-state index contributed by atoms with van der Waals surface area (Å²) in [5.41, 5.74) is 6.94. The molecule has 0 bridgehead atoms. The first kappa shape index (κ1) is 11.1. The highest BCUT2D eigenvalue weighted by atomic mass is 32.2. The fourth-order valence-electron chi connectivity index (χ4n) is 1.78. The van der Waals surface area contributed by atoms with Crippen molar-refractivity contribution in [1.82, 2.24) is 4.37 Å². The molecule has 0 saturated carbocycles. The molecule has 1 unspecified atom stereocenters. The predicted molar refractivity (Wildman–Crippen MR) is 70.0 cm³/mol. The van der Waals surface area contributed by atoms with Gasteiger partial charge in [0, 0.05) is 29.7 Å². The SMILES string of the molecule is CCC1CN(c2snc(N)c2C)CCS1. The van der Waals surface area contributed by atoms with E-state index >= 15 is 0 Å². The van der Waals surface area contributed by atoms with Crippen molar-refractivity contribution in [2.24, 2.45) is 0 Å². The molecule has 1 aliphatic rings. The molecule has 1 aromatic heterocycles. The predicted octanol–water partition coefficient (Wildman–Crippen LogP) is 2.37. The number of hydrogen-bond donors (Lipinski definition) is 1. The lowest BCUT2D eigenvalue weighted by Crippen LogP contribution is -2.37. The number of aromatic nitrogens is 1. The summed E-state index contributed by atoms with van der Waals surface area (Å²) in [6.45, 7) is 6.60. The first-order chi connectivity index (χ1) is 7.22. The Hall–Kier alpha value is -0.420. The van der Waals surface area contributed by atoms with Gasteiger partial charge in [0.15, 0.2) is 0 Å². The number of nitrogens with two attached hydrogens (primary N) is 1. The second-order valence-electron chi connectivity index (χ2n) is 3.85. The van der Waals surface area contributed by atoms with Crippen molar-refractivity contribution in [2.45, 2.75) is 25.5 Å². The first-order valence-electron chi connectivity index (χ1n) is 5.30. The van der Waals surface area contributed by atoms with E-state index in [1.807, 2.05) is 0 Å². The van der Waals surface area contributed by atoms with Gasteiger partial charge in [0.2, 0.25) is 0 Å². The van der Waals surface area contributed by atoms with Crippen LogP contribution in [-0.2, 0) is 0 Å². The van der Waals surface area contributed by atoms with Crippen LogP contribution in [0.1, 0.15) is 18.9 Å². The van der Waals surface area contributed by atoms with Crippen molar-refractivity contribution in [3.05, 3.63) is 5.56 Å². The van der Waals surface area contributed by atoms with Crippen LogP contribution in [0.25, 0.3) is 0 Å². The third-order valence-electron chi connectivity index (χ3n) is 2.82. The summed E-state index contributed by atoms with van der Waals surface area (Å²) in [7, 11) is 0. The summed E-state index contributed by atoms with van der Waals surface area (Å²) < 4.78 is 4.21. The van der Waals surface area contributed by atoms with Crippen LogP contribution in [0.5, 0.6) is 0 Å². The van der Waals surface area contributed by atoms with Crippen molar-refractivity contribution < 1.29 is 0 Å². The molecular formula is C10H17N3S2. The molecule has 1 atom stereocenters. The second-order valence-corrected chi connectivity index (χ2v) is 6.01. The molecule has 0 aromatic carbocycles. The average molecular weight is 243 g/mol. The Kier molecular flexibility index (Phi) is 3.41. The van der Waals surface area contributed by atoms with Gasteiger partial charge in [0.25, 0.3) is 0 Å². The topological polar surface area (TPSA) is 42.2 Å². The molecule has 84 valence electrons. The smallest absolute Gasteiger partial charge is 0.142 e. The van der Waals surface area contributed by atoms with Crippen LogP contribution < -0.4 is 10.6 Å². The summed E-state index contributed by atoms with van der Waals surface area (Å²) in [5.74, 6) is 1.91. The lowest BCUT2D eigenvalue weighted by molar-refractivity contribution is 0.731. The maximum absolute atomic E-state index is 5.78. The lowest BCUT2D eigenvalue weighted by atomic mass is 10.2. The molecular weight excluding hydrogens is 226 g/mol. The van der Waals surface area contributed by atoms with Gasteiger partial charge >= 0.3 is 0 Å². The Morgan fingerprint density at radius 3 is 3.00 bits per heavy atom. The second kappa shape index (κ2) is 4.61. The van der Waals surface area contributed by atoms with Crippen molar-refractivity contribution in [3.8, 4) is 0 Å². The van der Waals surface area contributed by atoms with Gasteiger partial charge in [-0.1, -0.05) is 6.92 Å². The Morgan fingerprint density at radius 1 is 1.60 bits per heavy atom. The number of thioether (sulfide) groups is 1. The van der Waals surface area contributed by atoms with Gasteiger partial charge in [0.05, 0.1) is 0 Å². The van der Waals surface area contributed by atoms with Crippen LogP contribution in [-0.4, -0.2) is 28.5 Å². The van der Waals surface area contributed by atoms with E-state index in [1.54, 1.807) is 0 Å². The normalized spacial score (nSPS) is 22.0. The third kappa shape index (κ3) is 2.23. The van der Waals surface area contributed by atoms with E-state index in [1.165, 1.54) is 28.7 Å². The summed E-state index contributed by atoms with van der Waals surface area (Å²) in [6.07, 6.45) is 1.24. The number of nitrogens with zero attached hydrogens (tertiary/aromatic N) is 2. The van der Waals surface area contributed by atoms with Crippen LogP contribution in [0, 0.1) is 6.92 Å². The minimum atomic E-state index is 0.696. The molecule has 0 aliphatic carbocycles. The van der Waals surface area contributed by atoms with E-state index in [2.05, 4.69) is 34.9 Å². The van der Waals surface area contributed by atoms with Crippen molar-refractivity contribution in [3.63, 3.8) is 0 Å². The van der Waals surface area contributed by atoms with Crippen LogP contribution in [0.3, 0.4) is 0 Å². The molecule has 0 radical (unpaired) electrons. The van der Waals surface area contributed by atoms with Gasteiger partial charge in [-0.05, 0) is 24.9 Å². The van der Waals surface area contributed by atoms with Crippen molar-refractivity contribution in [1.29, 1.82) is 0 Å². The van der Waals surface area contributed by atoms with Gasteiger partial charge in [-0.25, -0.2) is 0 Å². The van der Waals surface area contributed by atoms with Gasteiger partial charge in [-0.15, -0.1) is 0 Å². The van der Waals surface area contributed by atoms with Gasteiger partial charge < -0.3 is 10.6 Å². The Morgan fingerprint density at radius 2 is 2.40 bits per heavy atom. The summed E-state index contributed by atoms with van der Waals surface area (Å²) in [6, 6.07) is 0. The van der Waals surface area contributed by atoms with Crippen LogP contribution >= 0.6 is 23.3 Å². The summed E-state index contributed by atoms with van der Waals surface area (Å²) >= 11 is 3.62. The maximum Gasteiger partial charge on any atom is 0.142 e. The van der Waals surface area contributed by atoms with E-state index in [-0.39, 0.29) is 0 Å². The Bertz CT molecular complexity index is 337. The zero-order valence-electron chi connectivity index (χ0n) is 9.19. The minimum absolute atomic E-state index is 0.696. The Balaban J connectivity index is 2.13. The van der Waals surface area contributed by atoms with Crippen molar-refractivity contribution >= 4 is 34.1 Å². The van der Waals surface area contributed by atoms with E-state index in [0.717, 1.165) is 23.9 Å². The molecule has 1 aromatic rings. The molecule has 1 fully saturated rings. The molecule has 2 heterocycles. The van der Waals surface area contributed by atoms with E-state index in [0.29, 0.717) is 5.82 Å². The number of hydrogen-bond acceptors (Lipinski definition) is 5. The van der Waals surface area contributed by atoms with E-state index in [4.69, 9.17) is 5.73 Å². The van der Waals surface area contributed by atoms with Gasteiger partial charge in [-0.3, -0.25) is 0 Å². The average Bonchev–Trinajstić information content (AvgIpc) is 2.60. The highest BCUT2D eigenvalue weighted by Gasteiger charge is 2.22. The zero-order chi connectivity index (χ0) is 10.8. The fraction of sp³-hybridized carbons (Fsp3) is 0.700. The minimum Gasteiger partial charge on any atom is -0.383 e. The standard InChI is InChI=1S/C10H17N3S2/c1-3-8-6-13(4-5-14-8)10-7(2)9(11)12-15-10/h8H,3-6H2,1-2H3,(H2,11,12). The molecule has 0 spiro atoms. The largest absolute Gasteiger partial charge is 0.383 e. The molecule has 2 N–H and O–H groups in total. The van der Waals surface area contributed by atoms with Gasteiger partial charge in [0.1, 0.15) is 10.8 Å². The lowest BCUT2D eigenvalue weighted by Gasteiger charge is -2.32. The van der Waals surface area contributed by atoms with E-state index < -0.39 is 0 Å². The van der Waals surface area contributed by atoms with Gasteiger partial charge in [-0.2, -0.15) is 16.1 Å². The first-order valence-corrected chi connectivity index (χ1v) is 7.13. The molecule has 2 rings (SSSR count). The number of anilines is 2. The molecule has 15 heavy (non-hydrogen) atoms. The molecule has 1 saturated heterocycles. The Labute approximate surface area is 99.2 Å². The highest BCUT2D eigenvalue weighted by Crippen LogP contribution is 2.33. The van der Waals surface area contributed by atoms with Crippen LogP contribution in [0.2, 0.25) is 0 Å². The molecule has 3 nitrogen and oxygen atoms in total. The van der Waals surface area contributed by atoms with Crippen LogP contribution in [0.4, 0.5) is 10.8 Å². The number of rotatable bonds is 2. The third-order valence-corrected chi connectivity index (χ3v) is 5.21. The summed E-state index contributed by atoms with van der Waals surface area (Å²) in [4.78, 5) is 2.44. The molecule has 5 heteroatoms. The van der Waals surface area contributed by atoms with E-state index in [9.17, 15) is 0 Å². The monoisotopic (exact) mass is 243 g/mol. The maximum atomic E-state index is 5.78. The zero-order valence-corrected chi connectivity index (χ0v) is 10.8. The quantitative estimate of drug-likeness (QED) is 0.866. The number of nitrogen functional groups attached to an aromatic ring is 1. The summed E-state index contributed by atoms with van der Waals surface area (Å²) in [5, 5.41) is 2.03.